The molecule has 0 aromatic heterocycles. The highest BCUT2D eigenvalue weighted by Crippen LogP contribution is 1.95. The molecule has 0 nitrogen and oxygen atoms in total. The molecular formula is C11H14. The van der Waals surface area contributed by atoms with Crippen molar-refractivity contribution in [3.05, 3.63) is 36.0 Å². The van der Waals surface area contributed by atoms with Crippen molar-refractivity contribution >= 4 is 0 Å². The van der Waals surface area contributed by atoms with Gasteiger partial charge in [-0.2, -0.15) is 0 Å². The molecule has 11 heavy (non-hydrogen) atoms. The van der Waals surface area contributed by atoms with Crippen molar-refractivity contribution in [2.24, 2.45) is 0 Å². The van der Waals surface area contributed by atoms with Crippen LogP contribution in [0.3, 0.4) is 0 Å². The molecule has 0 amide bonds. The first-order chi connectivity index (χ1) is 5.35. The second-order valence-corrected chi connectivity index (χ2v) is 2.02. The van der Waals surface area contributed by atoms with Crippen molar-refractivity contribution < 1.29 is 0 Å². The van der Waals surface area contributed by atoms with E-state index in [2.05, 4.69) is 11.8 Å². The fourth-order valence-corrected chi connectivity index (χ4v) is 0.663. The maximum absolute atomic E-state index is 2.99. The van der Waals surface area contributed by atoms with E-state index in [1.54, 1.807) is 0 Å². The van der Waals surface area contributed by atoms with Gasteiger partial charge in [-0.05, 0) is 26.8 Å². The average molecular weight is 146 g/mol. The van der Waals surface area contributed by atoms with Crippen molar-refractivity contribution in [2.45, 2.75) is 20.8 Å². The molecule has 0 saturated carbocycles. The molecule has 0 saturated heterocycles. The Labute approximate surface area is 69.3 Å². The first-order valence-electron chi connectivity index (χ1n) is 3.73. The van der Waals surface area contributed by atoms with Crippen molar-refractivity contribution in [1.29, 1.82) is 0 Å². The molecule has 0 spiro atoms. The molecule has 0 aliphatic heterocycles. The molecule has 0 heterocycles. The molecule has 0 aromatic rings. The van der Waals surface area contributed by atoms with Crippen LogP contribution in [0.15, 0.2) is 36.0 Å². The minimum absolute atomic E-state index is 1.05. The Bertz CT molecular complexity index is 228. The molecule has 0 bridgehead atoms. The lowest BCUT2D eigenvalue weighted by Crippen LogP contribution is -1.68. The van der Waals surface area contributed by atoms with Crippen molar-refractivity contribution in [3.8, 4) is 11.8 Å². The Hall–Kier alpha value is -1.22. The van der Waals surface area contributed by atoms with Gasteiger partial charge >= 0.3 is 0 Å². The van der Waals surface area contributed by atoms with E-state index in [1.165, 1.54) is 0 Å². The van der Waals surface area contributed by atoms with E-state index in [0.717, 1.165) is 5.57 Å². The fourth-order valence-electron chi connectivity index (χ4n) is 0.663. The maximum Gasteiger partial charge on any atom is 0.0241 e. The largest absolute Gasteiger partial charge is 0.101 e. The zero-order valence-corrected chi connectivity index (χ0v) is 7.39. The van der Waals surface area contributed by atoms with Crippen LogP contribution in [0.2, 0.25) is 0 Å². The van der Waals surface area contributed by atoms with Crippen LogP contribution in [0.1, 0.15) is 20.8 Å². The highest BCUT2D eigenvalue weighted by atomic mass is 13.8. The summed E-state index contributed by atoms with van der Waals surface area (Å²) in [6, 6.07) is 0. The smallest absolute Gasteiger partial charge is 0.0241 e. The molecule has 0 heteroatoms. The highest BCUT2D eigenvalue weighted by molar-refractivity contribution is 5.39. The van der Waals surface area contributed by atoms with Gasteiger partial charge in [-0.1, -0.05) is 30.2 Å². The Balaban J connectivity index is 4.40. The van der Waals surface area contributed by atoms with Crippen molar-refractivity contribution in [3.63, 3.8) is 0 Å². The summed E-state index contributed by atoms with van der Waals surface area (Å²) in [6.45, 7) is 5.82. The minimum Gasteiger partial charge on any atom is -0.101 e. The summed E-state index contributed by atoms with van der Waals surface area (Å²) in [5.41, 5.74) is 1.05. The number of rotatable bonds is 2. The van der Waals surface area contributed by atoms with Gasteiger partial charge in [0, 0.05) is 5.57 Å². The van der Waals surface area contributed by atoms with Gasteiger partial charge in [-0.3, -0.25) is 0 Å². The lowest BCUT2D eigenvalue weighted by Gasteiger charge is -1.84. The third-order valence-corrected chi connectivity index (χ3v) is 1.08. The van der Waals surface area contributed by atoms with E-state index in [-0.39, 0.29) is 0 Å². The van der Waals surface area contributed by atoms with Crippen LogP contribution in [-0.2, 0) is 0 Å². The lowest BCUT2D eigenvalue weighted by atomic mass is 10.2. The average Bonchev–Trinajstić information content (AvgIpc) is 2.01. The van der Waals surface area contributed by atoms with Crippen molar-refractivity contribution in [2.75, 3.05) is 0 Å². The number of allylic oxidation sites excluding steroid dienone is 6. The molecule has 0 fully saturated rings. The van der Waals surface area contributed by atoms with Crippen LogP contribution in [0.4, 0.5) is 0 Å². The Kier molecular flexibility index (Phi) is 6.13. The SMILES string of the molecule is CC#CC(/C=C\C)=C/C=C\C. The van der Waals surface area contributed by atoms with Gasteiger partial charge in [0.15, 0.2) is 0 Å². The van der Waals surface area contributed by atoms with E-state index in [1.807, 2.05) is 51.2 Å². The molecule has 0 N–H and O–H groups in total. The van der Waals surface area contributed by atoms with Crippen LogP contribution < -0.4 is 0 Å². The first kappa shape index (κ1) is 9.78. The first-order valence-corrected chi connectivity index (χ1v) is 3.73. The summed E-state index contributed by atoms with van der Waals surface area (Å²) in [5.74, 6) is 5.85. The molecule has 0 atom stereocenters. The number of hydrogen-bond donors (Lipinski definition) is 0. The van der Waals surface area contributed by atoms with Crippen LogP contribution in [0, 0.1) is 11.8 Å². The van der Waals surface area contributed by atoms with E-state index in [9.17, 15) is 0 Å². The molecular weight excluding hydrogens is 132 g/mol. The predicted molar refractivity (Wildman–Crippen MR) is 51.2 cm³/mol. The second-order valence-electron chi connectivity index (χ2n) is 2.02. The van der Waals surface area contributed by atoms with Gasteiger partial charge in [0.1, 0.15) is 0 Å². The maximum atomic E-state index is 2.99. The molecule has 0 rings (SSSR count). The molecule has 58 valence electrons. The number of hydrogen-bond acceptors (Lipinski definition) is 0. The van der Waals surface area contributed by atoms with E-state index >= 15 is 0 Å². The predicted octanol–water partition coefficient (Wildman–Crippen LogP) is 3.09. The van der Waals surface area contributed by atoms with Crippen LogP contribution in [0.5, 0.6) is 0 Å². The van der Waals surface area contributed by atoms with Gasteiger partial charge in [0.2, 0.25) is 0 Å². The summed E-state index contributed by atoms with van der Waals surface area (Å²) in [4.78, 5) is 0. The third-order valence-electron chi connectivity index (χ3n) is 1.08. The fraction of sp³-hybridized carbons (Fsp3) is 0.273. The van der Waals surface area contributed by atoms with Crippen molar-refractivity contribution in [1.82, 2.24) is 0 Å². The Morgan fingerprint density at radius 1 is 1.18 bits per heavy atom. The Morgan fingerprint density at radius 3 is 2.36 bits per heavy atom. The summed E-state index contributed by atoms with van der Waals surface area (Å²) < 4.78 is 0. The minimum atomic E-state index is 1.05. The Morgan fingerprint density at radius 2 is 1.91 bits per heavy atom. The van der Waals surface area contributed by atoms with E-state index < -0.39 is 0 Å². The summed E-state index contributed by atoms with van der Waals surface area (Å²) >= 11 is 0. The molecule has 0 unspecified atom stereocenters. The molecule has 0 radical (unpaired) electrons. The van der Waals surface area contributed by atoms with Gasteiger partial charge in [0.05, 0.1) is 0 Å². The summed E-state index contributed by atoms with van der Waals surface area (Å²) in [6.07, 6.45) is 9.95. The van der Waals surface area contributed by atoms with Gasteiger partial charge in [-0.25, -0.2) is 0 Å². The summed E-state index contributed by atoms with van der Waals surface area (Å²) in [7, 11) is 0. The third kappa shape index (κ3) is 5.24. The monoisotopic (exact) mass is 146 g/mol. The molecule has 0 aromatic carbocycles. The normalized spacial score (nSPS) is 12.1. The molecule has 0 aliphatic carbocycles. The zero-order valence-electron chi connectivity index (χ0n) is 7.39. The zero-order chi connectivity index (χ0) is 8.53. The standard InChI is InChI=1S/C11H14/c1-4-7-10-11(8-5-2)9-6-3/h4-5,7-8,10H,1-3H3/b7-4-,8-5-,11-10+. The van der Waals surface area contributed by atoms with E-state index in [4.69, 9.17) is 0 Å². The van der Waals surface area contributed by atoms with Gasteiger partial charge in [0.25, 0.3) is 0 Å². The van der Waals surface area contributed by atoms with Crippen LogP contribution >= 0.6 is 0 Å². The highest BCUT2D eigenvalue weighted by Gasteiger charge is 1.78. The van der Waals surface area contributed by atoms with Gasteiger partial charge < -0.3 is 0 Å². The topological polar surface area (TPSA) is 0 Å². The quantitative estimate of drug-likeness (QED) is 0.415. The van der Waals surface area contributed by atoms with E-state index in [0.29, 0.717) is 0 Å². The van der Waals surface area contributed by atoms with Crippen LogP contribution in [0.25, 0.3) is 0 Å². The molecule has 0 aliphatic rings. The second kappa shape index (κ2) is 6.89. The summed E-state index contributed by atoms with van der Waals surface area (Å²) in [5, 5.41) is 0. The van der Waals surface area contributed by atoms with Crippen LogP contribution in [-0.4, -0.2) is 0 Å². The lowest BCUT2D eigenvalue weighted by molar-refractivity contribution is 1.64. The van der Waals surface area contributed by atoms with Gasteiger partial charge in [-0.15, -0.1) is 5.92 Å².